The maximum absolute atomic E-state index is 12.3. The van der Waals surface area contributed by atoms with Crippen molar-refractivity contribution in [1.82, 2.24) is 25.0 Å². The lowest BCUT2D eigenvalue weighted by Gasteiger charge is -2.32. The van der Waals surface area contributed by atoms with E-state index in [1.807, 2.05) is 29.2 Å². The van der Waals surface area contributed by atoms with Gasteiger partial charge in [0.05, 0.1) is 19.3 Å². The van der Waals surface area contributed by atoms with Crippen molar-refractivity contribution in [3.8, 4) is 0 Å². The minimum absolute atomic E-state index is 0.0246. The second-order valence-corrected chi connectivity index (χ2v) is 5.92. The van der Waals surface area contributed by atoms with Crippen LogP contribution in [0.15, 0.2) is 36.9 Å². The van der Waals surface area contributed by atoms with Crippen molar-refractivity contribution in [2.75, 3.05) is 19.7 Å². The molecule has 0 spiro atoms. The van der Waals surface area contributed by atoms with Crippen molar-refractivity contribution < 1.29 is 9.53 Å². The van der Waals surface area contributed by atoms with E-state index >= 15 is 0 Å². The van der Waals surface area contributed by atoms with Crippen LogP contribution in [-0.2, 0) is 17.8 Å². The topological polar surface area (TPSA) is 72.3 Å². The third kappa shape index (κ3) is 4.32. The Morgan fingerprint density at radius 2 is 2.12 bits per heavy atom. The number of ether oxygens (including phenoxy) is 1. The van der Waals surface area contributed by atoms with Gasteiger partial charge in [-0.1, -0.05) is 31.2 Å². The molecule has 1 N–H and O–H groups in total. The number of urea groups is 1. The Balaban J connectivity index is 1.48. The Kier molecular flexibility index (Phi) is 5.43. The van der Waals surface area contributed by atoms with Crippen LogP contribution in [0.1, 0.15) is 24.5 Å². The fourth-order valence-corrected chi connectivity index (χ4v) is 2.70. The first kappa shape index (κ1) is 16.4. The van der Waals surface area contributed by atoms with Crippen LogP contribution >= 0.6 is 0 Å². The van der Waals surface area contributed by atoms with E-state index in [1.54, 1.807) is 11.0 Å². The van der Waals surface area contributed by atoms with Crippen LogP contribution in [0.4, 0.5) is 4.79 Å². The standard InChI is InChI=1S/C17H23N5O2/c1-2-16-11-21(7-8-24-16)17(23)19-9-14-3-5-15(6-4-14)10-22-13-18-12-20-22/h3-6,12-13,16H,2,7-11H2,1H3,(H,19,23)/t16-/m0/s1. The van der Waals surface area contributed by atoms with E-state index in [4.69, 9.17) is 4.74 Å². The summed E-state index contributed by atoms with van der Waals surface area (Å²) >= 11 is 0. The molecule has 24 heavy (non-hydrogen) atoms. The van der Waals surface area contributed by atoms with E-state index in [0.29, 0.717) is 32.8 Å². The molecular weight excluding hydrogens is 306 g/mol. The van der Waals surface area contributed by atoms with Gasteiger partial charge in [0, 0.05) is 19.6 Å². The number of aromatic nitrogens is 3. The number of hydrogen-bond donors (Lipinski definition) is 1. The maximum Gasteiger partial charge on any atom is 0.317 e. The smallest absolute Gasteiger partial charge is 0.317 e. The molecule has 2 heterocycles. The summed E-state index contributed by atoms with van der Waals surface area (Å²) in [6.07, 6.45) is 4.30. The predicted octanol–water partition coefficient (Wildman–Crippen LogP) is 1.65. The molecule has 0 saturated carbocycles. The van der Waals surface area contributed by atoms with Gasteiger partial charge in [-0.15, -0.1) is 0 Å². The average Bonchev–Trinajstić information content (AvgIpc) is 3.14. The molecule has 1 saturated heterocycles. The highest BCUT2D eigenvalue weighted by atomic mass is 16.5. The molecule has 0 aliphatic carbocycles. The van der Waals surface area contributed by atoms with Crippen molar-refractivity contribution in [2.45, 2.75) is 32.5 Å². The number of amides is 2. The SMILES string of the molecule is CC[C@H]1CN(C(=O)NCc2ccc(Cn3cncn3)cc2)CCO1. The van der Waals surface area contributed by atoms with Gasteiger partial charge in [0.1, 0.15) is 12.7 Å². The van der Waals surface area contributed by atoms with E-state index in [-0.39, 0.29) is 12.1 Å². The van der Waals surface area contributed by atoms with Crippen LogP contribution in [0.25, 0.3) is 0 Å². The largest absolute Gasteiger partial charge is 0.375 e. The van der Waals surface area contributed by atoms with Gasteiger partial charge in [-0.2, -0.15) is 5.10 Å². The van der Waals surface area contributed by atoms with Crippen molar-refractivity contribution >= 4 is 6.03 Å². The second kappa shape index (κ2) is 7.92. The molecule has 1 aromatic carbocycles. The zero-order valence-corrected chi connectivity index (χ0v) is 13.9. The Morgan fingerprint density at radius 1 is 1.33 bits per heavy atom. The highest BCUT2D eigenvalue weighted by molar-refractivity contribution is 5.74. The van der Waals surface area contributed by atoms with Gasteiger partial charge < -0.3 is 15.0 Å². The van der Waals surface area contributed by atoms with Crippen molar-refractivity contribution in [3.05, 3.63) is 48.0 Å². The molecular formula is C17H23N5O2. The summed E-state index contributed by atoms with van der Waals surface area (Å²) in [7, 11) is 0. The van der Waals surface area contributed by atoms with Crippen LogP contribution in [-0.4, -0.2) is 51.5 Å². The summed E-state index contributed by atoms with van der Waals surface area (Å²) in [6.45, 7) is 5.23. The molecule has 2 amide bonds. The fraction of sp³-hybridized carbons (Fsp3) is 0.471. The van der Waals surface area contributed by atoms with E-state index in [9.17, 15) is 4.79 Å². The molecule has 2 aromatic rings. The molecule has 1 aliphatic rings. The van der Waals surface area contributed by atoms with Crippen LogP contribution in [0.3, 0.4) is 0 Å². The quantitative estimate of drug-likeness (QED) is 0.905. The van der Waals surface area contributed by atoms with Gasteiger partial charge >= 0.3 is 6.03 Å². The summed E-state index contributed by atoms with van der Waals surface area (Å²) in [5, 5.41) is 7.07. The first-order chi connectivity index (χ1) is 11.7. The third-order valence-corrected chi connectivity index (χ3v) is 4.16. The van der Waals surface area contributed by atoms with Crippen LogP contribution < -0.4 is 5.32 Å². The van der Waals surface area contributed by atoms with Gasteiger partial charge in [0.2, 0.25) is 0 Å². The van der Waals surface area contributed by atoms with Gasteiger partial charge in [-0.25, -0.2) is 14.5 Å². The zero-order chi connectivity index (χ0) is 16.8. The molecule has 1 atom stereocenters. The van der Waals surface area contributed by atoms with E-state index in [1.165, 1.54) is 6.33 Å². The van der Waals surface area contributed by atoms with Crippen LogP contribution in [0.5, 0.6) is 0 Å². The van der Waals surface area contributed by atoms with E-state index in [0.717, 1.165) is 17.5 Å². The molecule has 0 radical (unpaired) electrons. The monoisotopic (exact) mass is 329 g/mol. The van der Waals surface area contributed by atoms with Crippen molar-refractivity contribution in [3.63, 3.8) is 0 Å². The Morgan fingerprint density at radius 3 is 2.83 bits per heavy atom. The van der Waals surface area contributed by atoms with Gasteiger partial charge in [-0.3, -0.25) is 0 Å². The van der Waals surface area contributed by atoms with Gasteiger partial charge in [0.15, 0.2) is 0 Å². The zero-order valence-electron chi connectivity index (χ0n) is 13.9. The number of nitrogens with one attached hydrogen (secondary N) is 1. The molecule has 0 bridgehead atoms. The lowest BCUT2D eigenvalue weighted by Crippen LogP contribution is -2.49. The van der Waals surface area contributed by atoms with Gasteiger partial charge in [0.25, 0.3) is 0 Å². The van der Waals surface area contributed by atoms with E-state index < -0.39 is 0 Å². The number of benzene rings is 1. The minimum Gasteiger partial charge on any atom is -0.375 e. The lowest BCUT2D eigenvalue weighted by molar-refractivity contribution is -0.0154. The van der Waals surface area contributed by atoms with E-state index in [2.05, 4.69) is 22.3 Å². The predicted molar refractivity (Wildman–Crippen MR) is 89.4 cm³/mol. The number of hydrogen-bond acceptors (Lipinski definition) is 4. The molecule has 7 nitrogen and oxygen atoms in total. The summed E-state index contributed by atoms with van der Waals surface area (Å²) in [4.78, 5) is 18.0. The average molecular weight is 329 g/mol. The van der Waals surface area contributed by atoms with Crippen LogP contribution in [0, 0.1) is 0 Å². The fourth-order valence-electron chi connectivity index (χ4n) is 2.70. The number of rotatable bonds is 5. The summed E-state index contributed by atoms with van der Waals surface area (Å²) in [5.74, 6) is 0. The number of carbonyl (C=O) groups is 1. The Labute approximate surface area is 141 Å². The molecule has 1 aliphatic heterocycles. The molecule has 128 valence electrons. The molecule has 0 unspecified atom stereocenters. The highest BCUT2D eigenvalue weighted by Gasteiger charge is 2.22. The van der Waals surface area contributed by atoms with Crippen molar-refractivity contribution in [2.24, 2.45) is 0 Å². The summed E-state index contributed by atoms with van der Waals surface area (Å²) < 4.78 is 7.37. The summed E-state index contributed by atoms with van der Waals surface area (Å²) in [6, 6.07) is 8.13. The molecule has 1 aromatic heterocycles. The molecule has 3 rings (SSSR count). The van der Waals surface area contributed by atoms with Gasteiger partial charge in [-0.05, 0) is 17.5 Å². The normalized spacial score (nSPS) is 17.7. The second-order valence-electron chi connectivity index (χ2n) is 5.92. The number of carbonyl (C=O) groups excluding carboxylic acids is 1. The Bertz CT molecular complexity index is 642. The third-order valence-electron chi connectivity index (χ3n) is 4.16. The van der Waals surface area contributed by atoms with Crippen molar-refractivity contribution in [1.29, 1.82) is 0 Å². The Hall–Kier alpha value is -2.41. The highest BCUT2D eigenvalue weighted by Crippen LogP contribution is 2.09. The lowest BCUT2D eigenvalue weighted by atomic mass is 10.1. The first-order valence-corrected chi connectivity index (χ1v) is 8.29. The number of nitrogens with zero attached hydrogens (tertiary/aromatic N) is 4. The van der Waals surface area contributed by atoms with Crippen LogP contribution in [0.2, 0.25) is 0 Å². The maximum atomic E-state index is 12.3. The first-order valence-electron chi connectivity index (χ1n) is 8.29. The summed E-state index contributed by atoms with van der Waals surface area (Å²) in [5.41, 5.74) is 2.22. The molecule has 7 heteroatoms. The number of morpholine rings is 1. The molecule has 1 fully saturated rings. The minimum atomic E-state index is -0.0246.